The monoisotopic (exact) mass is 284 g/mol. The average molecular weight is 285 g/mol. The van der Waals surface area contributed by atoms with Crippen LogP contribution in [0.5, 0.6) is 5.75 Å². The molecule has 0 saturated heterocycles. The Morgan fingerprint density at radius 2 is 2.11 bits per heavy atom. The third-order valence-electron chi connectivity index (χ3n) is 2.21. The second kappa shape index (κ2) is 5.93. The number of nitrogens with zero attached hydrogens (tertiary/aromatic N) is 1. The first kappa shape index (κ1) is 3.23. The highest BCUT2D eigenvalue weighted by molar-refractivity contribution is 5.30. The van der Waals surface area contributed by atoms with Crippen LogP contribution in [0.3, 0.4) is 0 Å². The highest BCUT2D eigenvalue weighted by Gasteiger charge is 2.38. The van der Waals surface area contributed by atoms with Crippen molar-refractivity contribution in [2.24, 2.45) is 0 Å². The maximum absolute atomic E-state index is 12.0. The van der Waals surface area contributed by atoms with E-state index < -0.39 is 92.1 Å². The minimum absolute atomic E-state index is 0.230. The van der Waals surface area contributed by atoms with Crippen molar-refractivity contribution in [1.82, 2.24) is 4.90 Å². The molecule has 1 aliphatic rings. The lowest BCUT2D eigenvalue weighted by Crippen LogP contribution is -2.42. The average Bonchev–Trinajstić information content (AvgIpc) is 2.71. The number of aromatic hydroxyl groups is 1. The van der Waals surface area contributed by atoms with E-state index in [1.807, 2.05) is 0 Å². The van der Waals surface area contributed by atoms with Crippen molar-refractivity contribution in [2.75, 3.05) is 20.4 Å². The molecule has 3 heteroatoms. The highest BCUT2D eigenvalue weighted by Crippen LogP contribution is 2.40. The number of hydrogen-bond donors (Lipinski definition) is 2. The van der Waals surface area contributed by atoms with Crippen LogP contribution in [0, 0.1) is 0 Å². The molecule has 1 atom stereocenters. The molecule has 1 saturated carbocycles. The van der Waals surface area contributed by atoms with Gasteiger partial charge in [0.2, 0.25) is 0 Å². The number of hydrogen-bond acceptors (Lipinski definition) is 3. The van der Waals surface area contributed by atoms with Crippen LogP contribution in [0.15, 0.2) is 24.2 Å². The zero-order valence-corrected chi connectivity index (χ0v) is 9.50. The van der Waals surface area contributed by atoms with Crippen LogP contribution in [0.2, 0.25) is 0 Å². The van der Waals surface area contributed by atoms with Crippen LogP contribution in [0.1, 0.15) is 72.1 Å². The number of phenols is 1. The first-order valence-corrected chi connectivity index (χ1v) is 5.02. The molecule has 0 aliphatic heterocycles. The molecule has 0 spiro atoms. The molecule has 1 aromatic carbocycles. The van der Waals surface area contributed by atoms with E-state index in [-0.39, 0.29) is 12.1 Å². The van der Waals surface area contributed by atoms with E-state index in [4.69, 9.17) is 28.8 Å². The molecule has 1 unspecified atom stereocenters. The van der Waals surface area contributed by atoms with Gasteiger partial charge in [-0.25, -0.2) is 0 Å². The first-order chi connectivity index (χ1) is 17.2. The Hall–Kier alpha value is -1.06. The van der Waals surface area contributed by atoms with Gasteiger partial charge in [-0.1, -0.05) is 31.3 Å². The summed E-state index contributed by atoms with van der Waals surface area (Å²) in [5, 5.41) is 21.8. The fourth-order valence-corrected chi connectivity index (χ4v) is 1.42. The Kier molecular flexibility index (Phi) is 1.01. The molecule has 3 nitrogen and oxygen atoms in total. The lowest BCUT2D eigenvalue weighted by Gasteiger charge is -2.40. The number of phenolic OH excluding ortho intramolecular Hbond substituents is 1. The zero-order chi connectivity index (χ0) is 32.3. The highest BCUT2D eigenvalue weighted by atomic mass is 16.3. The summed E-state index contributed by atoms with van der Waals surface area (Å²) in [5.74, 6) is -5.70. The molecular formula is C16H25NO2. The molecule has 2 N–H and O–H groups in total. The van der Waals surface area contributed by atoms with Gasteiger partial charge >= 0.3 is 0 Å². The predicted octanol–water partition coefficient (Wildman–Crippen LogP) is 2.73. The van der Waals surface area contributed by atoms with Crippen LogP contribution in [-0.2, 0) is 0 Å². The number of rotatable bonds is 4. The molecule has 1 fully saturated rings. The van der Waals surface area contributed by atoms with Gasteiger partial charge in [0.15, 0.2) is 0 Å². The summed E-state index contributed by atoms with van der Waals surface area (Å²) in [7, 11) is 0. The molecule has 0 bridgehead atoms. The molecule has 0 radical (unpaired) electrons. The molecule has 1 aromatic rings. The fourth-order valence-electron chi connectivity index (χ4n) is 1.42. The summed E-state index contributed by atoms with van der Waals surface area (Å²) in [5.41, 5.74) is -6.33. The van der Waals surface area contributed by atoms with Crippen LogP contribution in [0.25, 0.3) is 0 Å². The SMILES string of the molecule is [2H]c1cc(C([2H])(C([2H])([2H])N(C([2H])([2H])[2H])C([2H])([2H])[2H])C2(O)C([2H])([2H])C([2H])([2H])C([2H])([2H])C([2H])([2H])C2([2H])[2H])cc([2H])c1O. The quantitative estimate of drug-likeness (QED) is 0.893. The van der Waals surface area contributed by atoms with Crippen molar-refractivity contribution in [3.63, 3.8) is 0 Å². The molecule has 2 rings (SSSR count). The lowest BCUT2D eigenvalue weighted by molar-refractivity contribution is -0.0277. The third-order valence-corrected chi connectivity index (χ3v) is 2.21. The second-order valence-corrected chi connectivity index (χ2v) is 3.54. The van der Waals surface area contributed by atoms with Crippen molar-refractivity contribution >= 4 is 0 Å². The molecular weight excluding hydrogens is 238 g/mol. The van der Waals surface area contributed by atoms with Crippen molar-refractivity contribution < 1.29 is 39.0 Å². The molecule has 0 aromatic heterocycles. The van der Waals surface area contributed by atoms with Gasteiger partial charge < -0.3 is 15.1 Å². The fraction of sp³-hybridized carbons (Fsp3) is 0.625. The van der Waals surface area contributed by atoms with Crippen molar-refractivity contribution in [3.05, 3.63) is 29.8 Å². The second-order valence-electron chi connectivity index (χ2n) is 3.54. The Balaban J connectivity index is 3.39. The van der Waals surface area contributed by atoms with Crippen LogP contribution >= 0.6 is 0 Å². The van der Waals surface area contributed by atoms with Gasteiger partial charge in [0, 0.05) is 38.4 Å². The van der Waals surface area contributed by atoms with E-state index >= 15 is 0 Å². The minimum atomic E-state index is -4.89. The van der Waals surface area contributed by atoms with E-state index in [9.17, 15) is 10.2 Å². The van der Waals surface area contributed by atoms with Crippen LogP contribution < -0.4 is 0 Å². The zero-order valence-electron chi connectivity index (χ0n) is 30.5. The van der Waals surface area contributed by atoms with Crippen LogP contribution in [-0.4, -0.2) is 41.2 Å². The molecule has 1 aliphatic carbocycles. The van der Waals surface area contributed by atoms with E-state index in [1.54, 1.807) is 0 Å². The Labute approximate surface area is 145 Å². The Morgan fingerprint density at radius 1 is 1.47 bits per heavy atom. The summed E-state index contributed by atoms with van der Waals surface area (Å²) in [6.07, 6.45) is -22.0. The van der Waals surface area contributed by atoms with E-state index in [1.165, 1.54) is 0 Å². The summed E-state index contributed by atoms with van der Waals surface area (Å²) in [4.78, 5) is -1.02. The van der Waals surface area contributed by atoms with Crippen molar-refractivity contribution in [1.29, 1.82) is 0 Å². The predicted molar refractivity (Wildman–Crippen MR) is 77.4 cm³/mol. The van der Waals surface area contributed by atoms with Gasteiger partial charge in [-0.3, -0.25) is 0 Å². The maximum atomic E-state index is 12.0. The van der Waals surface area contributed by atoms with Crippen LogP contribution in [0.4, 0.5) is 0 Å². The molecule has 19 heavy (non-hydrogen) atoms. The maximum Gasteiger partial charge on any atom is 0.115 e. The Morgan fingerprint density at radius 3 is 2.68 bits per heavy atom. The van der Waals surface area contributed by atoms with E-state index in [2.05, 4.69) is 0 Å². The summed E-state index contributed by atoms with van der Waals surface area (Å²) < 4.78 is 170. The standard InChI is InChI=1S/C16H25NO2/c1-17(2)12-15(13-6-8-14(18)9-7-13)16(19)10-4-3-5-11-16/h6-9,15,18-19H,3-5,10-12H2,1-2H3/i1D3,2D3,3D2,4D2,5D2,8D,9D,10D2,11D2,12D2,15D. The van der Waals surface area contributed by atoms with Gasteiger partial charge in [0.05, 0.1) is 8.34 Å². The van der Waals surface area contributed by atoms with Gasteiger partial charge in [0.25, 0.3) is 0 Å². The summed E-state index contributed by atoms with van der Waals surface area (Å²) in [6, 6.07) is -1.86. The van der Waals surface area contributed by atoms with E-state index in [0.29, 0.717) is 0 Å². The molecule has 0 heterocycles. The summed E-state index contributed by atoms with van der Waals surface area (Å²) in [6.45, 7) is -12.8. The normalized spacial score (nSPS) is 53.7. The third kappa shape index (κ3) is 3.48. The van der Waals surface area contributed by atoms with Gasteiger partial charge in [-0.05, 0) is 44.3 Å². The van der Waals surface area contributed by atoms with E-state index in [0.717, 1.165) is 0 Å². The summed E-state index contributed by atoms with van der Waals surface area (Å²) >= 11 is 0. The minimum Gasteiger partial charge on any atom is -0.508 e. The number of benzene rings is 1. The van der Waals surface area contributed by atoms with Crippen molar-refractivity contribution in [2.45, 2.75) is 43.4 Å². The first-order valence-electron chi connectivity index (χ1n) is 15.5. The van der Waals surface area contributed by atoms with Gasteiger partial charge in [-0.15, -0.1) is 0 Å². The Bertz CT molecular complexity index is 1100. The van der Waals surface area contributed by atoms with Gasteiger partial charge in [-0.2, -0.15) is 0 Å². The molecule has 106 valence electrons. The topological polar surface area (TPSA) is 43.7 Å². The number of aliphatic hydroxyl groups is 1. The molecule has 0 amide bonds. The number of likely N-dealkylation sites (N-methyl/N-ethyl adjacent to an activating group) is 1. The lowest BCUT2D eigenvalue weighted by atomic mass is 9.72. The van der Waals surface area contributed by atoms with Crippen molar-refractivity contribution in [3.8, 4) is 5.75 Å². The largest absolute Gasteiger partial charge is 0.508 e. The smallest absolute Gasteiger partial charge is 0.115 e. The van der Waals surface area contributed by atoms with Gasteiger partial charge in [0.1, 0.15) is 5.75 Å².